The lowest BCUT2D eigenvalue weighted by Gasteiger charge is -2.21. The zero-order valence-corrected chi connectivity index (χ0v) is 13.4. The fourth-order valence-corrected chi connectivity index (χ4v) is 2.60. The molecule has 6 heteroatoms. The van der Waals surface area contributed by atoms with Crippen molar-refractivity contribution in [1.29, 1.82) is 0 Å². The van der Waals surface area contributed by atoms with Crippen LogP contribution in [0.25, 0.3) is 0 Å². The van der Waals surface area contributed by atoms with Gasteiger partial charge in [-0.25, -0.2) is 9.59 Å². The molecular weight excluding hydrogens is 308 g/mol. The van der Waals surface area contributed by atoms with Gasteiger partial charge in [-0.1, -0.05) is 36.4 Å². The number of carbonyl (C=O) groups is 2. The maximum Gasteiger partial charge on any atom is 0.414 e. The van der Waals surface area contributed by atoms with Crippen molar-refractivity contribution in [3.8, 4) is 0 Å². The third-order valence-electron chi connectivity index (χ3n) is 3.74. The Morgan fingerprint density at radius 2 is 1.50 bits per heavy atom. The molecule has 0 saturated carbocycles. The van der Waals surface area contributed by atoms with Crippen LogP contribution in [0.5, 0.6) is 0 Å². The molecule has 3 rings (SSSR count). The summed E-state index contributed by atoms with van der Waals surface area (Å²) in [6, 6.07) is 17.0. The van der Waals surface area contributed by atoms with Gasteiger partial charge in [0.15, 0.2) is 0 Å². The number of aliphatic carboxylic acids is 2. The zero-order valence-electron chi connectivity index (χ0n) is 13.4. The molecule has 0 radical (unpaired) electrons. The molecule has 2 N–H and O–H groups in total. The molecule has 1 heterocycles. The van der Waals surface area contributed by atoms with Crippen LogP contribution in [0.15, 0.2) is 53.5 Å². The van der Waals surface area contributed by atoms with Crippen molar-refractivity contribution in [2.45, 2.75) is 6.42 Å². The molecule has 1 aliphatic heterocycles. The Kier molecular flexibility index (Phi) is 5.31. The van der Waals surface area contributed by atoms with Gasteiger partial charge in [-0.2, -0.15) is 0 Å². The van der Waals surface area contributed by atoms with Crippen molar-refractivity contribution in [1.82, 2.24) is 0 Å². The first-order valence-electron chi connectivity index (χ1n) is 7.28. The predicted octanol–water partition coefficient (Wildman–Crippen LogP) is 2.59. The largest absolute Gasteiger partial charge is 0.473 e. The molecule has 6 nitrogen and oxygen atoms in total. The summed E-state index contributed by atoms with van der Waals surface area (Å²) in [6.45, 7) is 0. The average molecular weight is 326 g/mol. The van der Waals surface area contributed by atoms with E-state index >= 15 is 0 Å². The fraction of sp³-hybridized carbons (Fsp3) is 0.167. The second-order valence-corrected chi connectivity index (χ2v) is 5.16. The lowest BCUT2D eigenvalue weighted by atomic mass is 10.0. The molecule has 2 aromatic rings. The number of anilines is 2. The number of para-hydroxylation sites is 2. The van der Waals surface area contributed by atoms with Crippen molar-refractivity contribution >= 4 is 29.0 Å². The molecule has 0 spiro atoms. The van der Waals surface area contributed by atoms with Crippen molar-refractivity contribution < 1.29 is 19.8 Å². The van der Waals surface area contributed by atoms with Crippen LogP contribution in [-0.2, 0) is 16.0 Å². The molecule has 24 heavy (non-hydrogen) atoms. The van der Waals surface area contributed by atoms with Crippen LogP contribution in [0, 0.1) is 0 Å². The predicted molar refractivity (Wildman–Crippen MR) is 92.4 cm³/mol. The standard InChI is InChI=1S/C16H16N2.C2H2O4/c1-17-14-11-12-7-3-5-9-15(12)18(2)16-10-6-4-8-13(14)16;3-1(4)2(5)6/h3-10H,11H2,1-2H3;(H,3,4)(H,5,6). The molecule has 0 bridgehead atoms. The van der Waals surface area contributed by atoms with E-state index < -0.39 is 11.9 Å². The normalized spacial score (nSPS) is 13.9. The average Bonchev–Trinajstić information content (AvgIpc) is 2.71. The maximum absolute atomic E-state index is 9.10. The van der Waals surface area contributed by atoms with Gasteiger partial charge in [-0.15, -0.1) is 0 Å². The SMILES string of the molecule is CN=C1Cc2ccccc2N(C)c2ccccc21.O=C(O)C(=O)O. The van der Waals surface area contributed by atoms with Crippen LogP contribution in [0.1, 0.15) is 11.1 Å². The van der Waals surface area contributed by atoms with Crippen LogP contribution in [0.4, 0.5) is 11.4 Å². The van der Waals surface area contributed by atoms with Crippen LogP contribution < -0.4 is 4.90 Å². The van der Waals surface area contributed by atoms with E-state index in [0.717, 1.165) is 12.1 Å². The van der Waals surface area contributed by atoms with Gasteiger partial charge >= 0.3 is 11.9 Å². The number of benzene rings is 2. The number of aliphatic imine (C=N–C) groups is 1. The summed E-state index contributed by atoms with van der Waals surface area (Å²) in [5, 5.41) is 14.8. The quantitative estimate of drug-likeness (QED) is 0.726. The van der Waals surface area contributed by atoms with E-state index in [1.165, 1.54) is 22.5 Å². The van der Waals surface area contributed by atoms with Crippen molar-refractivity contribution in [2.75, 3.05) is 19.0 Å². The molecule has 0 unspecified atom stereocenters. The molecule has 0 aromatic heterocycles. The topological polar surface area (TPSA) is 90.2 Å². The highest BCUT2D eigenvalue weighted by Crippen LogP contribution is 2.34. The molecule has 0 aliphatic carbocycles. The molecule has 1 aliphatic rings. The minimum atomic E-state index is -1.82. The van der Waals surface area contributed by atoms with Crippen LogP contribution in [-0.4, -0.2) is 42.0 Å². The second-order valence-electron chi connectivity index (χ2n) is 5.16. The molecule has 0 amide bonds. The minimum absolute atomic E-state index is 0.897. The van der Waals surface area contributed by atoms with E-state index in [1.54, 1.807) is 0 Å². The maximum atomic E-state index is 9.10. The van der Waals surface area contributed by atoms with Crippen LogP contribution in [0.2, 0.25) is 0 Å². The Bertz CT molecular complexity index is 787. The van der Waals surface area contributed by atoms with E-state index in [9.17, 15) is 0 Å². The molecule has 0 atom stereocenters. The number of carboxylic acids is 2. The van der Waals surface area contributed by atoms with Gasteiger partial charge in [0, 0.05) is 43.2 Å². The Morgan fingerprint density at radius 3 is 2.08 bits per heavy atom. The van der Waals surface area contributed by atoms with E-state index in [4.69, 9.17) is 19.8 Å². The monoisotopic (exact) mass is 326 g/mol. The summed E-state index contributed by atoms with van der Waals surface area (Å²) in [6.07, 6.45) is 0.897. The van der Waals surface area contributed by atoms with Gasteiger partial charge in [-0.3, -0.25) is 4.99 Å². The highest BCUT2D eigenvalue weighted by atomic mass is 16.4. The Balaban J connectivity index is 0.000000301. The van der Waals surface area contributed by atoms with Crippen molar-refractivity contribution in [2.24, 2.45) is 4.99 Å². The first-order valence-corrected chi connectivity index (χ1v) is 7.28. The summed E-state index contributed by atoms with van der Waals surface area (Å²) in [5.41, 5.74) is 6.21. The fourth-order valence-electron chi connectivity index (χ4n) is 2.60. The summed E-state index contributed by atoms with van der Waals surface area (Å²) in [5.74, 6) is -3.65. The summed E-state index contributed by atoms with van der Waals surface area (Å²) in [4.78, 5) is 24.9. The van der Waals surface area contributed by atoms with Crippen molar-refractivity contribution in [3.63, 3.8) is 0 Å². The first kappa shape index (κ1) is 17.2. The number of hydrogen-bond donors (Lipinski definition) is 2. The number of carboxylic acid groups (broad SMARTS) is 2. The molecule has 0 fully saturated rings. The van der Waals surface area contributed by atoms with Gasteiger partial charge < -0.3 is 15.1 Å². The third kappa shape index (κ3) is 3.60. The molecule has 0 saturated heterocycles. The summed E-state index contributed by atoms with van der Waals surface area (Å²) >= 11 is 0. The first-order chi connectivity index (χ1) is 11.5. The van der Waals surface area contributed by atoms with E-state index in [0.29, 0.717) is 0 Å². The van der Waals surface area contributed by atoms with Gasteiger partial charge in [0.2, 0.25) is 0 Å². The number of hydrogen-bond acceptors (Lipinski definition) is 4. The molecule has 2 aromatic carbocycles. The molecular formula is C18H18N2O4. The van der Waals surface area contributed by atoms with Crippen molar-refractivity contribution in [3.05, 3.63) is 59.7 Å². The smallest absolute Gasteiger partial charge is 0.414 e. The second kappa shape index (κ2) is 7.41. The van der Waals surface area contributed by atoms with Crippen LogP contribution in [0.3, 0.4) is 0 Å². The zero-order chi connectivity index (χ0) is 17.7. The van der Waals surface area contributed by atoms with Gasteiger partial charge in [0.05, 0.1) is 0 Å². The Morgan fingerprint density at radius 1 is 0.958 bits per heavy atom. The third-order valence-corrected chi connectivity index (χ3v) is 3.74. The summed E-state index contributed by atoms with van der Waals surface area (Å²) in [7, 11) is 4.00. The Labute approximate surface area is 139 Å². The van der Waals surface area contributed by atoms with E-state index in [1.807, 2.05) is 7.05 Å². The van der Waals surface area contributed by atoms with Crippen LogP contribution >= 0.6 is 0 Å². The number of nitrogens with zero attached hydrogens (tertiary/aromatic N) is 2. The summed E-state index contributed by atoms with van der Waals surface area (Å²) < 4.78 is 0. The van der Waals surface area contributed by atoms with E-state index in [2.05, 4.69) is 65.5 Å². The number of fused-ring (bicyclic) bond motifs is 2. The van der Waals surface area contributed by atoms with E-state index in [-0.39, 0.29) is 0 Å². The molecule has 124 valence electrons. The lowest BCUT2D eigenvalue weighted by molar-refractivity contribution is -0.159. The highest BCUT2D eigenvalue weighted by molar-refractivity contribution is 6.27. The van der Waals surface area contributed by atoms with Gasteiger partial charge in [0.1, 0.15) is 0 Å². The Hall–Kier alpha value is -3.15. The van der Waals surface area contributed by atoms with Gasteiger partial charge in [-0.05, 0) is 17.7 Å². The highest BCUT2D eigenvalue weighted by Gasteiger charge is 2.20. The number of rotatable bonds is 0. The minimum Gasteiger partial charge on any atom is -0.473 e. The lowest BCUT2D eigenvalue weighted by Crippen LogP contribution is -2.11. The van der Waals surface area contributed by atoms with Gasteiger partial charge in [0.25, 0.3) is 0 Å².